The average Bonchev–Trinajstić information content (AvgIpc) is 3.14. The van der Waals surface area contributed by atoms with Crippen LogP contribution in [0.3, 0.4) is 0 Å². The van der Waals surface area contributed by atoms with E-state index in [4.69, 9.17) is 16.3 Å². The average molecular weight is 447 g/mol. The Morgan fingerprint density at radius 3 is 2.39 bits per heavy atom. The lowest BCUT2D eigenvalue weighted by Crippen LogP contribution is -2.24. The van der Waals surface area contributed by atoms with Gasteiger partial charge in [-0.3, -0.25) is 9.20 Å². The van der Waals surface area contributed by atoms with Crippen molar-refractivity contribution in [1.82, 2.24) is 19.9 Å². The molecule has 10 heteroatoms. The van der Waals surface area contributed by atoms with Crippen LogP contribution in [0.2, 0.25) is 5.02 Å². The lowest BCUT2D eigenvalue weighted by molar-refractivity contribution is -0.136. The number of hydrogen-bond acceptors (Lipinski definition) is 4. The Kier molecular flexibility index (Phi) is 5.51. The van der Waals surface area contributed by atoms with E-state index in [1.54, 1.807) is 36.4 Å². The molecule has 0 bridgehead atoms. The van der Waals surface area contributed by atoms with Crippen molar-refractivity contribution >= 4 is 23.2 Å². The molecule has 0 aliphatic heterocycles. The summed E-state index contributed by atoms with van der Waals surface area (Å²) in [6.07, 6.45) is -3.37. The maximum absolute atomic E-state index is 13.2. The summed E-state index contributed by atoms with van der Waals surface area (Å²) >= 11 is 5.81. The molecule has 158 valence electrons. The molecule has 2 aromatic heterocycles. The van der Waals surface area contributed by atoms with Gasteiger partial charge in [-0.15, -0.1) is 10.2 Å². The number of aromatic nitrogens is 3. The van der Waals surface area contributed by atoms with Crippen molar-refractivity contribution in [3.05, 3.63) is 88.8 Å². The van der Waals surface area contributed by atoms with Crippen molar-refractivity contribution in [2.75, 3.05) is 0 Å². The molecule has 31 heavy (non-hydrogen) atoms. The number of alkyl halides is 3. The van der Waals surface area contributed by atoms with Crippen molar-refractivity contribution in [1.29, 1.82) is 0 Å². The summed E-state index contributed by atoms with van der Waals surface area (Å²) in [5.74, 6) is 0.900. The molecule has 0 aliphatic rings. The first kappa shape index (κ1) is 20.7. The number of benzene rings is 2. The van der Waals surface area contributed by atoms with Crippen LogP contribution < -0.4 is 10.1 Å². The van der Waals surface area contributed by atoms with Gasteiger partial charge in [-0.25, -0.2) is 0 Å². The standard InChI is InChI=1S/C21H14ClF3N4O2/c22-14-10-17(21(23,24)25)19-28-27-18(29(19)12-14)11-26-20(30)13-6-8-16(9-7-13)31-15-4-2-1-3-5-15/h1-10,12H,11H2,(H,26,30). The van der Waals surface area contributed by atoms with Crippen molar-refractivity contribution < 1.29 is 22.7 Å². The Bertz CT molecular complexity index is 1230. The van der Waals surface area contributed by atoms with E-state index in [2.05, 4.69) is 15.5 Å². The maximum atomic E-state index is 13.2. The number of para-hydroxylation sites is 1. The number of nitrogens with zero attached hydrogens (tertiary/aromatic N) is 3. The number of carbonyl (C=O) groups excluding carboxylic acids is 1. The molecule has 0 unspecified atom stereocenters. The molecule has 2 heterocycles. The largest absolute Gasteiger partial charge is 0.457 e. The van der Waals surface area contributed by atoms with Crippen LogP contribution in [0.1, 0.15) is 21.7 Å². The van der Waals surface area contributed by atoms with Gasteiger partial charge in [0.25, 0.3) is 5.91 Å². The van der Waals surface area contributed by atoms with E-state index in [0.717, 1.165) is 10.5 Å². The Balaban J connectivity index is 1.46. The zero-order valence-corrected chi connectivity index (χ0v) is 16.5. The molecule has 2 aromatic carbocycles. The number of ether oxygens (including phenoxy) is 1. The van der Waals surface area contributed by atoms with Crippen molar-refractivity contribution in [2.45, 2.75) is 12.7 Å². The zero-order valence-electron chi connectivity index (χ0n) is 15.7. The number of hydrogen-bond donors (Lipinski definition) is 1. The van der Waals surface area contributed by atoms with Crippen LogP contribution in [0.15, 0.2) is 66.9 Å². The quantitative estimate of drug-likeness (QED) is 0.462. The van der Waals surface area contributed by atoms with Crippen molar-refractivity contribution in [2.24, 2.45) is 0 Å². The van der Waals surface area contributed by atoms with Gasteiger partial charge < -0.3 is 10.1 Å². The fourth-order valence-corrected chi connectivity index (χ4v) is 3.10. The van der Waals surface area contributed by atoms with Gasteiger partial charge in [0.2, 0.25) is 0 Å². The van der Waals surface area contributed by atoms with Gasteiger partial charge in [-0.05, 0) is 42.5 Å². The fourth-order valence-electron chi connectivity index (χ4n) is 2.90. The fraction of sp³-hybridized carbons (Fsp3) is 0.0952. The molecule has 1 amide bonds. The summed E-state index contributed by atoms with van der Waals surface area (Å²) in [7, 11) is 0. The van der Waals surface area contributed by atoms with E-state index in [1.807, 2.05) is 18.2 Å². The van der Waals surface area contributed by atoms with Gasteiger partial charge in [-0.2, -0.15) is 13.2 Å². The van der Waals surface area contributed by atoms with Crippen LogP contribution in [0.25, 0.3) is 5.65 Å². The minimum absolute atomic E-state index is 0.111. The number of carbonyl (C=O) groups is 1. The summed E-state index contributed by atoms with van der Waals surface area (Å²) in [6, 6.07) is 16.4. The van der Waals surface area contributed by atoms with Crippen LogP contribution in [-0.4, -0.2) is 20.5 Å². The Morgan fingerprint density at radius 2 is 1.71 bits per heavy atom. The molecule has 0 atom stereocenters. The lowest BCUT2D eigenvalue weighted by Gasteiger charge is -2.09. The van der Waals surface area contributed by atoms with Gasteiger partial charge in [0.05, 0.1) is 11.6 Å². The molecule has 0 radical (unpaired) electrons. The van der Waals surface area contributed by atoms with E-state index < -0.39 is 17.6 Å². The smallest absolute Gasteiger partial charge is 0.420 e. The second-order valence-corrected chi connectivity index (χ2v) is 6.94. The van der Waals surface area contributed by atoms with E-state index in [1.165, 1.54) is 6.20 Å². The highest BCUT2D eigenvalue weighted by Crippen LogP contribution is 2.33. The van der Waals surface area contributed by atoms with Crippen molar-refractivity contribution in [3.63, 3.8) is 0 Å². The Hall–Kier alpha value is -3.59. The van der Waals surface area contributed by atoms with Crippen LogP contribution in [0.4, 0.5) is 13.2 Å². The third-order valence-corrected chi connectivity index (χ3v) is 4.56. The predicted octanol–water partition coefficient (Wildman–Crippen LogP) is 5.12. The molecular formula is C21H14ClF3N4O2. The predicted molar refractivity (Wildman–Crippen MR) is 107 cm³/mol. The summed E-state index contributed by atoms with van der Waals surface area (Å²) in [5, 5.41) is 9.84. The molecule has 0 fully saturated rings. The highest BCUT2D eigenvalue weighted by Gasteiger charge is 2.35. The van der Waals surface area contributed by atoms with E-state index in [0.29, 0.717) is 17.1 Å². The number of fused-ring (bicyclic) bond motifs is 1. The monoisotopic (exact) mass is 446 g/mol. The summed E-state index contributed by atoms with van der Waals surface area (Å²) in [4.78, 5) is 12.4. The number of halogens is 4. The number of nitrogens with one attached hydrogen (secondary N) is 1. The van der Waals surface area contributed by atoms with Gasteiger partial charge in [0.15, 0.2) is 11.5 Å². The number of amides is 1. The highest BCUT2D eigenvalue weighted by molar-refractivity contribution is 6.30. The molecule has 0 saturated heterocycles. The van der Waals surface area contributed by atoms with Gasteiger partial charge in [-0.1, -0.05) is 29.8 Å². The molecular weight excluding hydrogens is 433 g/mol. The summed E-state index contributed by atoms with van der Waals surface area (Å²) in [6.45, 7) is -0.139. The van der Waals surface area contributed by atoms with Crippen LogP contribution in [-0.2, 0) is 12.7 Å². The van der Waals surface area contributed by atoms with Crippen LogP contribution in [0.5, 0.6) is 11.5 Å². The normalized spacial score (nSPS) is 11.5. The van der Waals surface area contributed by atoms with E-state index >= 15 is 0 Å². The van der Waals surface area contributed by atoms with E-state index in [-0.39, 0.29) is 23.0 Å². The molecule has 6 nitrogen and oxygen atoms in total. The second kappa shape index (κ2) is 8.27. The first-order valence-corrected chi connectivity index (χ1v) is 9.40. The molecule has 1 N–H and O–H groups in total. The molecule has 0 aliphatic carbocycles. The molecule has 4 rings (SSSR count). The van der Waals surface area contributed by atoms with Crippen LogP contribution in [0, 0.1) is 0 Å². The van der Waals surface area contributed by atoms with Crippen molar-refractivity contribution in [3.8, 4) is 11.5 Å². The first-order chi connectivity index (χ1) is 14.8. The third kappa shape index (κ3) is 4.61. The lowest BCUT2D eigenvalue weighted by atomic mass is 10.2. The number of pyridine rings is 1. The summed E-state index contributed by atoms with van der Waals surface area (Å²) in [5.41, 5.74) is -1.04. The number of rotatable bonds is 5. The topological polar surface area (TPSA) is 68.5 Å². The Morgan fingerprint density at radius 1 is 1.03 bits per heavy atom. The second-order valence-electron chi connectivity index (χ2n) is 6.50. The minimum atomic E-state index is -4.64. The highest BCUT2D eigenvalue weighted by atomic mass is 35.5. The van der Waals surface area contributed by atoms with E-state index in [9.17, 15) is 18.0 Å². The minimum Gasteiger partial charge on any atom is -0.457 e. The third-order valence-electron chi connectivity index (χ3n) is 4.35. The van der Waals surface area contributed by atoms with Gasteiger partial charge in [0.1, 0.15) is 17.1 Å². The molecule has 0 spiro atoms. The van der Waals surface area contributed by atoms with Gasteiger partial charge >= 0.3 is 6.18 Å². The Labute approximate surface area is 179 Å². The van der Waals surface area contributed by atoms with Crippen LogP contribution >= 0.6 is 11.6 Å². The first-order valence-electron chi connectivity index (χ1n) is 9.03. The maximum Gasteiger partial charge on any atom is 0.420 e. The molecule has 0 saturated carbocycles. The molecule has 4 aromatic rings. The summed E-state index contributed by atoms with van der Waals surface area (Å²) < 4.78 is 46.4. The SMILES string of the molecule is O=C(NCc1nnc2c(C(F)(F)F)cc(Cl)cn12)c1ccc(Oc2ccccc2)cc1. The zero-order chi connectivity index (χ0) is 22.0. The van der Waals surface area contributed by atoms with Gasteiger partial charge in [0, 0.05) is 11.8 Å².